The molecule has 0 aliphatic carbocycles. The van der Waals surface area contributed by atoms with Crippen molar-refractivity contribution in [3.63, 3.8) is 0 Å². The molecule has 0 aliphatic rings. The fraction of sp³-hybridized carbons (Fsp3) is 0.500. The summed E-state index contributed by atoms with van der Waals surface area (Å²) in [6.45, 7) is 2.56. The van der Waals surface area contributed by atoms with E-state index in [4.69, 9.17) is 16.3 Å². The van der Waals surface area contributed by atoms with Crippen LogP contribution in [0.2, 0.25) is 0 Å². The van der Waals surface area contributed by atoms with Crippen LogP contribution in [0.5, 0.6) is 5.75 Å². The van der Waals surface area contributed by atoms with E-state index < -0.39 is 0 Å². The van der Waals surface area contributed by atoms with E-state index in [1.165, 1.54) is 0 Å². The summed E-state index contributed by atoms with van der Waals surface area (Å²) in [6, 6.07) is 0. The molecule has 0 aliphatic heterocycles. The molecule has 0 amide bonds. The minimum Gasteiger partial charge on any atom is -0.490 e. The monoisotopic (exact) mass is 160 g/mol. The predicted octanol–water partition coefficient (Wildman–Crippen LogP) is 1.55. The van der Waals surface area contributed by atoms with Gasteiger partial charge in [-0.05, 0) is 6.92 Å². The van der Waals surface area contributed by atoms with Gasteiger partial charge in [-0.3, -0.25) is 5.10 Å². The third-order valence-electron chi connectivity index (χ3n) is 1.11. The maximum Gasteiger partial charge on any atom is 0.161 e. The highest BCUT2D eigenvalue weighted by Gasteiger charge is 2.02. The van der Waals surface area contributed by atoms with Gasteiger partial charge < -0.3 is 4.74 Å². The smallest absolute Gasteiger partial charge is 0.161 e. The first-order chi connectivity index (χ1) is 4.88. The highest BCUT2D eigenvalue weighted by atomic mass is 35.5. The number of halogens is 1. The molecule has 4 heteroatoms. The van der Waals surface area contributed by atoms with Crippen LogP contribution < -0.4 is 4.74 Å². The van der Waals surface area contributed by atoms with Gasteiger partial charge in [0.15, 0.2) is 5.75 Å². The van der Waals surface area contributed by atoms with Crippen molar-refractivity contribution in [1.29, 1.82) is 0 Å². The lowest BCUT2D eigenvalue weighted by molar-refractivity contribution is 0.337. The van der Waals surface area contributed by atoms with Gasteiger partial charge in [-0.1, -0.05) is 0 Å². The van der Waals surface area contributed by atoms with Crippen LogP contribution in [-0.4, -0.2) is 16.8 Å². The number of ether oxygens (including phenoxy) is 1. The van der Waals surface area contributed by atoms with E-state index in [1.54, 1.807) is 6.20 Å². The van der Waals surface area contributed by atoms with Crippen LogP contribution in [0.4, 0.5) is 0 Å². The van der Waals surface area contributed by atoms with Crippen LogP contribution in [0.15, 0.2) is 6.20 Å². The van der Waals surface area contributed by atoms with Crippen LogP contribution in [0, 0.1) is 0 Å². The Labute approximate surface area is 64.3 Å². The van der Waals surface area contributed by atoms with Crippen molar-refractivity contribution in [3.05, 3.63) is 11.9 Å². The van der Waals surface area contributed by atoms with Gasteiger partial charge in [0, 0.05) is 0 Å². The first-order valence-electron chi connectivity index (χ1n) is 3.09. The van der Waals surface area contributed by atoms with Gasteiger partial charge in [-0.2, -0.15) is 5.10 Å². The van der Waals surface area contributed by atoms with Gasteiger partial charge in [-0.15, -0.1) is 11.6 Å². The Morgan fingerprint density at radius 3 is 3.20 bits per heavy atom. The molecule has 0 spiro atoms. The molecular formula is C6H9ClN2O. The van der Waals surface area contributed by atoms with Gasteiger partial charge in [0.25, 0.3) is 0 Å². The van der Waals surface area contributed by atoms with Crippen LogP contribution in [0.3, 0.4) is 0 Å². The SMILES string of the molecule is CCOc1cn[nH]c1CCl. The third-order valence-corrected chi connectivity index (χ3v) is 1.38. The number of rotatable bonds is 3. The van der Waals surface area contributed by atoms with Crippen LogP contribution in [0.1, 0.15) is 12.6 Å². The minimum atomic E-state index is 0.412. The van der Waals surface area contributed by atoms with Crippen molar-refractivity contribution >= 4 is 11.6 Å². The van der Waals surface area contributed by atoms with Gasteiger partial charge in [0.2, 0.25) is 0 Å². The summed E-state index contributed by atoms with van der Waals surface area (Å²) in [5, 5.41) is 6.51. The van der Waals surface area contributed by atoms with Crippen molar-refractivity contribution in [3.8, 4) is 5.75 Å². The molecule has 0 unspecified atom stereocenters. The van der Waals surface area contributed by atoms with E-state index in [0.29, 0.717) is 12.5 Å². The predicted molar refractivity (Wildman–Crippen MR) is 39.3 cm³/mol. The molecule has 0 saturated heterocycles. The summed E-state index contributed by atoms with van der Waals surface area (Å²) in [5.74, 6) is 1.16. The summed E-state index contributed by atoms with van der Waals surface area (Å²) in [6.07, 6.45) is 1.63. The Balaban J connectivity index is 2.70. The maximum absolute atomic E-state index is 5.56. The van der Waals surface area contributed by atoms with E-state index in [1.807, 2.05) is 6.92 Å². The lowest BCUT2D eigenvalue weighted by atomic mass is 10.4. The molecule has 1 heterocycles. The fourth-order valence-corrected chi connectivity index (χ4v) is 0.869. The van der Waals surface area contributed by atoms with Crippen LogP contribution >= 0.6 is 11.6 Å². The molecule has 0 atom stereocenters. The molecule has 1 rings (SSSR count). The summed E-state index contributed by atoms with van der Waals surface area (Å²) in [7, 11) is 0. The van der Waals surface area contributed by atoms with E-state index in [2.05, 4.69) is 10.2 Å². The standard InChI is InChI=1S/C6H9ClN2O/c1-2-10-6-4-8-9-5(6)3-7/h4H,2-3H2,1H3,(H,8,9). The number of nitrogens with zero attached hydrogens (tertiary/aromatic N) is 1. The molecule has 1 aromatic rings. The number of alkyl halides is 1. The molecule has 1 aromatic heterocycles. The zero-order valence-corrected chi connectivity index (χ0v) is 6.48. The molecule has 0 aromatic carbocycles. The zero-order chi connectivity index (χ0) is 7.40. The van der Waals surface area contributed by atoms with E-state index >= 15 is 0 Å². The average molecular weight is 161 g/mol. The number of H-pyrrole nitrogens is 1. The van der Waals surface area contributed by atoms with Crippen molar-refractivity contribution in [2.24, 2.45) is 0 Å². The fourth-order valence-electron chi connectivity index (χ4n) is 0.677. The average Bonchev–Trinajstić information content (AvgIpc) is 2.36. The lowest BCUT2D eigenvalue weighted by Gasteiger charge is -1.98. The molecule has 56 valence electrons. The molecule has 0 fully saturated rings. The number of aromatic amines is 1. The Hall–Kier alpha value is -0.700. The molecule has 3 nitrogen and oxygen atoms in total. The lowest BCUT2D eigenvalue weighted by Crippen LogP contribution is -1.92. The van der Waals surface area contributed by atoms with Gasteiger partial charge in [0.05, 0.1) is 24.4 Å². The maximum atomic E-state index is 5.56. The van der Waals surface area contributed by atoms with Gasteiger partial charge in [-0.25, -0.2) is 0 Å². The van der Waals surface area contributed by atoms with Crippen LogP contribution in [-0.2, 0) is 5.88 Å². The number of hydrogen-bond acceptors (Lipinski definition) is 2. The summed E-state index contributed by atoms with van der Waals surface area (Å²) >= 11 is 5.56. The summed E-state index contributed by atoms with van der Waals surface area (Å²) in [4.78, 5) is 0. The number of nitrogens with one attached hydrogen (secondary N) is 1. The van der Waals surface area contributed by atoms with E-state index in [0.717, 1.165) is 11.4 Å². The quantitative estimate of drug-likeness (QED) is 0.682. The van der Waals surface area contributed by atoms with Crippen molar-refractivity contribution in [1.82, 2.24) is 10.2 Å². The second-order valence-electron chi connectivity index (χ2n) is 1.78. The Kier molecular flexibility index (Phi) is 2.57. The minimum absolute atomic E-state index is 0.412. The van der Waals surface area contributed by atoms with Gasteiger partial charge >= 0.3 is 0 Å². The Morgan fingerprint density at radius 2 is 2.60 bits per heavy atom. The second-order valence-corrected chi connectivity index (χ2v) is 2.05. The largest absolute Gasteiger partial charge is 0.490 e. The highest BCUT2D eigenvalue weighted by Crippen LogP contribution is 2.15. The van der Waals surface area contributed by atoms with Crippen molar-refractivity contribution < 1.29 is 4.74 Å². The number of aromatic nitrogens is 2. The first kappa shape index (κ1) is 7.41. The highest BCUT2D eigenvalue weighted by molar-refractivity contribution is 6.17. The van der Waals surface area contributed by atoms with Crippen molar-refractivity contribution in [2.45, 2.75) is 12.8 Å². The summed E-state index contributed by atoms with van der Waals surface area (Å²) < 4.78 is 5.19. The molecule has 10 heavy (non-hydrogen) atoms. The molecule has 0 saturated carbocycles. The molecule has 1 N–H and O–H groups in total. The molecular weight excluding hydrogens is 152 g/mol. The molecule has 0 radical (unpaired) electrons. The Morgan fingerprint density at radius 1 is 1.80 bits per heavy atom. The Bertz CT molecular complexity index is 199. The first-order valence-corrected chi connectivity index (χ1v) is 3.63. The number of hydrogen-bond donors (Lipinski definition) is 1. The molecule has 0 bridgehead atoms. The summed E-state index contributed by atoms with van der Waals surface area (Å²) in [5.41, 5.74) is 0.837. The zero-order valence-electron chi connectivity index (χ0n) is 5.72. The normalized spacial score (nSPS) is 9.80. The van der Waals surface area contributed by atoms with E-state index in [9.17, 15) is 0 Å². The third kappa shape index (κ3) is 1.42. The van der Waals surface area contributed by atoms with Crippen LogP contribution in [0.25, 0.3) is 0 Å². The van der Waals surface area contributed by atoms with E-state index in [-0.39, 0.29) is 0 Å². The van der Waals surface area contributed by atoms with Gasteiger partial charge in [0.1, 0.15) is 0 Å². The van der Waals surface area contributed by atoms with Crippen molar-refractivity contribution in [2.75, 3.05) is 6.61 Å². The second kappa shape index (κ2) is 3.46. The topological polar surface area (TPSA) is 37.9 Å².